The quantitative estimate of drug-likeness (QED) is 0.774. The number of nitrogens with zero attached hydrogens (tertiary/aromatic N) is 3. The van der Waals surface area contributed by atoms with E-state index in [-0.39, 0.29) is 0 Å². The van der Waals surface area contributed by atoms with Crippen molar-refractivity contribution in [3.05, 3.63) is 42.2 Å². The van der Waals surface area contributed by atoms with Gasteiger partial charge in [-0.05, 0) is 6.07 Å². The van der Waals surface area contributed by atoms with E-state index in [0.717, 1.165) is 11.3 Å². The molecule has 1 aromatic carbocycles. The first kappa shape index (κ1) is 11.6. The number of nitrogens with one attached hydrogen (secondary N) is 1. The number of benzene rings is 1. The predicted octanol–water partition coefficient (Wildman–Crippen LogP) is 2.27. The highest BCUT2D eigenvalue weighted by molar-refractivity contribution is 5.64. The van der Waals surface area contributed by atoms with Gasteiger partial charge in [0.2, 0.25) is 0 Å². The number of H-pyrrole nitrogens is 1. The first-order chi connectivity index (χ1) is 9.36. The molecule has 0 radical (unpaired) electrons. The third-order valence-electron chi connectivity index (χ3n) is 2.62. The van der Waals surface area contributed by atoms with Crippen LogP contribution in [0.3, 0.4) is 0 Å². The molecule has 3 rings (SSSR count). The zero-order chi connectivity index (χ0) is 13.1. The zero-order valence-corrected chi connectivity index (χ0v) is 10.3. The summed E-state index contributed by atoms with van der Waals surface area (Å²) in [6.45, 7) is 0.323. The lowest BCUT2D eigenvalue weighted by atomic mass is 10.1. The standard InChI is InChI=1S/C13H12N4O2/c1-18-8-12-14-13(19-17-12)11-7-10(15-16-11)9-5-3-2-4-6-9/h2-7H,8H2,1H3,(H,15,16). The van der Waals surface area contributed by atoms with Crippen LogP contribution in [0.4, 0.5) is 0 Å². The van der Waals surface area contributed by atoms with Crippen molar-refractivity contribution in [3.8, 4) is 22.8 Å². The van der Waals surface area contributed by atoms with Gasteiger partial charge in [-0.15, -0.1) is 0 Å². The Bertz CT molecular complexity index is 660. The van der Waals surface area contributed by atoms with Crippen molar-refractivity contribution in [2.24, 2.45) is 0 Å². The van der Waals surface area contributed by atoms with Crippen LogP contribution in [0.15, 0.2) is 40.9 Å². The van der Waals surface area contributed by atoms with Gasteiger partial charge in [0, 0.05) is 12.7 Å². The fourth-order valence-electron chi connectivity index (χ4n) is 1.74. The number of aromatic nitrogens is 4. The Kier molecular flexibility index (Phi) is 3.07. The Morgan fingerprint density at radius 2 is 2.11 bits per heavy atom. The maximum absolute atomic E-state index is 5.14. The van der Waals surface area contributed by atoms with Gasteiger partial charge in [0.1, 0.15) is 12.3 Å². The van der Waals surface area contributed by atoms with Crippen LogP contribution < -0.4 is 0 Å². The van der Waals surface area contributed by atoms with Crippen LogP contribution in [0.1, 0.15) is 5.82 Å². The van der Waals surface area contributed by atoms with E-state index in [1.165, 1.54) is 0 Å². The second-order valence-electron chi connectivity index (χ2n) is 3.98. The minimum Gasteiger partial charge on any atom is -0.377 e. The SMILES string of the molecule is COCc1noc(-c2cc(-c3ccccc3)n[nH]2)n1. The Morgan fingerprint density at radius 3 is 2.89 bits per heavy atom. The lowest BCUT2D eigenvalue weighted by Gasteiger charge is -1.92. The molecule has 0 aliphatic rings. The van der Waals surface area contributed by atoms with Crippen LogP contribution in [0.25, 0.3) is 22.8 Å². The zero-order valence-electron chi connectivity index (χ0n) is 10.3. The summed E-state index contributed by atoms with van der Waals surface area (Å²) in [6, 6.07) is 11.7. The minimum absolute atomic E-state index is 0.323. The molecule has 0 aliphatic heterocycles. The van der Waals surface area contributed by atoms with E-state index in [1.807, 2.05) is 36.4 Å². The topological polar surface area (TPSA) is 76.8 Å². The van der Waals surface area contributed by atoms with Gasteiger partial charge in [0.15, 0.2) is 5.82 Å². The summed E-state index contributed by atoms with van der Waals surface area (Å²) in [5.74, 6) is 0.912. The molecule has 0 bridgehead atoms. The lowest BCUT2D eigenvalue weighted by Crippen LogP contribution is -1.89. The molecule has 2 heterocycles. The Hall–Kier alpha value is -2.47. The Balaban J connectivity index is 1.88. The molecule has 0 saturated heterocycles. The molecule has 0 saturated carbocycles. The van der Waals surface area contributed by atoms with Crippen molar-refractivity contribution in [3.63, 3.8) is 0 Å². The largest absolute Gasteiger partial charge is 0.377 e. The van der Waals surface area contributed by atoms with E-state index in [1.54, 1.807) is 7.11 Å². The summed E-state index contributed by atoms with van der Waals surface area (Å²) in [5.41, 5.74) is 2.55. The van der Waals surface area contributed by atoms with Crippen molar-refractivity contribution >= 4 is 0 Å². The predicted molar refractivity (Wildman–Crippen MR) is 68.0 cm³/mol. The van der Waals surface area contributed by atoms with E-state index in [9.17, 15) is 0 Å². The highest BCUT2D eigenvalue weighted by Crippen LogP contribution is 2.22. The molecule has 6 heteroatoms. The fraction of sp³-hybridized carbons (Fsp3) is 0.154. The molecule has 0 atom stereocenters. The number of rotatable bonds is 4. The van der Waals surface area contributed by atoms with Crippen LogP contribution in [-0.2, 0) is 11.3 Å². The highest BCUT2D eigenvalue weighted by Gasteiger charge is 2.12. The fourth-order valence-corrected chi connectivity index (χ4v) is 1.74. The van der Waals surface area contributed by atoms with Gasteiger partial charge >= 0.3 is 0 Å². The van der Waals surface area contributed by atoms with Crippen LogP contribution in [0.5, 0.6) is 0 Å². The molecule has 96 valence electrons. The summed E-state index contributed by atoms with van der Waals surface area (Å²) in [6.07, 6.45) is 0. The molecule has 0 fully saturated rings. The first-order valence-corrected chi connectivity index (χ1v) is 5.79. The number of hydrogen-bond donors (Lipinski definition) is 1. The van der Waals surface area contributed by atoms with E-state index in [0.29, 0.717) is 24.0 Å². The van der Waals surface area contributed by atoms with Crippen LogP contribution >= 0.6 is 0 Å². The summed E-state index contributed by atoms with van der Waals surface area (Å²) >= 11 is 0. The second-order valence-corrected chi connectivity index (χ2v) is 3.98. The number of hydrogen-bond acceptors (Lipinski definition) is 5. The van der Waals surface area contributed by atoms with Gasteiger partial charge < -0.3 is 9.26 Å². The van der Waals surface area contributed by atoms with E-state index >= 15 is 0 Å². The molecular weight excluding hydrogens is 244 g/mol. The molecular formula is C13H12N4O2. The average molecular weight is 256 g/mol. The maximum atomic E-state index is 5.14. The maximum Gasteiger partial charge on any atom is 0.276 e. The van der Waals surface area contributed by atoms with Crippen molar-refractivity contribution in [2.45, 2.75) is 6.61 Å². The third kappa shape index (κ3) is 2.38. The molecule has 0 unspecified atom stereocenters. The van der Waals surface area contributed by atoms with Crippen molar-refractivity contribution in [1.29, 1.82) is 0 Å². The minimum atomic E-state index is 0.323. The monoisotopic (exact) mass is 256 g/mol. The Morgan fingerprint density at radius 1 is 1.26 bits per heavy atom. The third-order valence-corrected chi connectivity index (χ3v) is 2.62. The summed E-state index contributed by atoms with van der Waals surface area (Å²) in [5, 5.41) is 10.9. The summed E-state index contributed by atoms with van der Waals surface area (Å²) in [7, 11) is 1.58. The first-order valence-electron chi connectivity index (χ1n) is 5.79. The molecule has 6 nitrogen and oxygen atoms in total. The van der Waals surface area contributed by atoms with Gasteiger partial charge in [0.25, 0.3) is 5.89 Å². The van der Waals surface area contributed by atoms with Crippen LogP contribution in [-0.4, -0.2) is 27.4 Å². The van der Waals surface area contributed by atoms with E-state index in [4.69, 9.17) is 9.26 Å². The number of methoxy groups -OCH3 is 1. The van der Waals surface area contributed by atoms with E-state index < -0.39 is 0 Å². The lowest BCUT2D eigenvalue weighted by molar-refractivity contribution is 0.174. The van der Waals surface area contributed by atoms with Gasteiger partial charge in [-0.2, -0.15) is 10.1 Å². The van der Waals surface area contributed by atoms with Crippen molar-refractivity contribution in [2.75, 3.05) is 7.11 Å². The summed E-state index contributed by atoms with van der Waals surface area (Å²) in [4.78, 5) is 4.20. The molecule has 1 N–H and O–H groups in total. The van der Waals surface area contributed by atoms with Crippen LogP contribution in [0, 0.1) is 0 Å². The van der Waals surface area contributed by atoms with Crippen molar-refractivity contribution in [1.82, 2.24) is 20.3 Å². The normalized spacial score (nSPS) is 10.8. The van der Waals surface area contributed by atoms with Gasteiger partial charge in [-0.25, -0.2) is 0 Å². The van der Waals surface area contributed by atoms with E-state index in [2.05, 4.69) is 20.3 Å². The van der Waals surface area contributed by atoms with Gasteiger partial charge in [-0.3, -0.25) is 5.10 Å². The average Bonchev–Trinajstić information content (AvgIpc) is 3.08. The Labute approximate surface area is 109 Å². The second kappa shape index (κ2) is 5.03. The molecule has 3 aromatic rings. The molecule has 0 spiro atoms. The highest BCUT2D eigenvalue weighted by atomic mass is 16.5. The van der Waals surface area contributed by atoms with Gasteiger partial charge in [-0.1, -0.05) is 35.5 Å². The molecule has 0 aliphatic carbocycles. The molecule has 19 heavy (non-hydrogen) atoms. The van der Waals surface area contributed by atoms with Crippen LogP contribution in [0.2, 0.25) is 0 Å². The van der Waals surface area contributed by atoms with Crippen molar-refractivity contribution < 1.29 is 9.26 Å². The number of ether oxygens (including phenoxy) is 1. The molecule has 2 aromatic heterocycles. The summed E-state index contributed by atoms with van der Waals surface area (Å²) < 4.78 is 10.1. The molecule has 0 amide bonds. The smallest absolute Gasteiger partial charge is 0.276 e. The number of aromatic amines is 1. The van der Waals surface area contributed by atoms with Gasteiger partial charge in [0.05, 0.1) is 5.69 Å².